The number of azo groups is 1. The maximum Gasteiger partial charge on any atom is 0.180 e. The zero-order valence-corrected chi connectivity index (χ0v) is 19.3. The van der Waals surface area contributed by atoms with Crippen LogP contribution in [-0.4, -0.2) is 39.8 Å². The van der Waals surface area contributed by atoms with Crippen LogP contribution >= 0.6 is 0 Å². The topological polar surface area (TPSA) is 97.2 Å². The summed E-state index contributed by atoms with van der Waals surface area (Å²) in [6.45, 7) is 6.34. The summed E-state index contributed by atoms with van der Waals surface area (Å²) in [6.07, 6.45) is 3.18. The number of ketones is 1. The lowest BCUT2D eigenvalue weighted by atomic mass is 9.59. The predicted octanol–water partition coefficient (Wildman–Crippen LogP) is 3.68. The van der Waals surface area contributed by atoms with Gasteiger partial charge in [0.15, 0.2) is 21.8 Å². The molecule has 1 aliphatic carbocycles. The predicted molar refractivity (Wildman–Crippen MR) is 117 cm³/mol. The van der Waals surface area contributed by atoms with Crippen LogP contribution in [0.15, 0.2) is 62.4 Å². The van der Waals surface area contributed by atoms with Crippen LogP contribution in [0.3, 0.4) is 0 Å². The van der Waals surface area contributed by atoms with Crippen LogP contribution in [-0.2, 0) is 24.8 Å². The van der Waals surface area contributed by atoms with Crippen LogP contribution in [0.4, 0.5) is 0 Å². The van der Waals surface area contributed by atoms with Crippen molar-refractivity contribution in [3.63, 3.8) is 0 Å². The standard InChI is InChI=1S/C23H29N3O4S/c1-5-23(15-7-6-8-16(11-15)31(28,29)10-9-30-4)17-14-24-26-21(17)25-18-12-22(2,3)13-19(27)20(18)23/h6-8,11,14,21,25H,5,9-10,12-13H2,1-4H3. The molecule has 0 spiro atoms. The monoisotopic (exact) mass is 443 g/mol. The Labute approximate surface area is 183 Å². The molecule has 0 radical (unpaired) electrons. The first-order valence-corrected chi connectivity index (χ1v) is 12.3. The Morgan fingerprint density at radius 1 is 1.26 bits per heavy atom. The Morgan fingerprint density at radius 3 is 2.74 bits per heavy atom. The summed E-state index contributed by atoms with van der Waals surface area (Å²) in [7, 11) is -2.03. The SMILES string of the molecule is CCC1(c2cccc(S(=O)(=O)CCOC)c2)C2=CN=NC2NC2=C1C(=O)CC(C)(C)C2. The number of hydrogen-bond donors (Lipinski definition) is 1. The summed E-state index contributed by atoms with van der Waals surface area (Å²) in [5, 5.41) is 11.9. The second-order valence-electron chi connectivity index (χ2n) is 9.26. The third-order valence-electron chi connectivity index (χ3n) is 6.55. The average molecular weight is 444 g/mol. The largest absolute Gasteiger partial charge is 0.384 e. The van der Waals surface area contributed by atoms with Crippen molar-refractivity contribution in [3.8, 4) is 0 Å². The highest BCUT2D eigenvalue weighted by atomic mass is 32.2. The fourth-order valence-electron chi connectivity index (χ4n) is 5.16. The average Bonchev–Trinajstić information content (AvgIpc) is 3.18. The minimum Gasteiger partial charge on any atom is -0.384 e. The number of allylic oxidation sites excluding steroid dienone is 2. The van der Waals surface area contributed by atoms with Crippen molar-refractivity contribution in [3.05, 3.63) is 52.9 Å². The van der Waals surface area contributed by atoms with E-state index < -0.39 is 15.3 Å². The second-order valence-corrected chi connectivity index (χ2v) is 11.4. The first-order chi connectivity index (χ1) is 14.6. The Kier molecular flexibility index (Phi) is 5.42. The van der Waals surface area contributed by atoms with E-state index in [1.54, 1.807) is 24.4 Å². The van der Waals surface area contributed by atoms with E-state index in [0.717, 1.165) is 28.8 Å². The van der Waals surface area contributed by atoms with Gasteiger partial charge in [0.1, 0.15) is 0 Å². The van der Waals surface area contributed by atoms with Crippen molar-refractivity contribution in [2.75, 3.05) is 19.5 Å². The lowest BCUT2D eigenvalue weighted by molar-refractivity contribution is -0.119. The summed E-state index contributed by atoms with van der Waals surface area (Å²) in [5.74, 6) is 0.00418. The minimum absolute atomic E-state index is 0.0926. The van der Waals surface area contributed by atoms with Gasteiger partial charge in [0.25, 0.3) is 0 Å². The molecule has 2 aliphatic heterocycles. The van der Waals surface area contributed by atoms with Gasteiger partial charge in [0.2, 0.25) is 0 Å². The first kappa shape index (κ1) is 21.9. The molecule has 4 rings (SSSR count). The molecule has 0 saturated heterocycles. The van der Waals surface area contributed by atoms with Crippen molar-refractivity contribution < 1.29 is 17.9 Å². The molecular formula is C23H29N3O4S. The fourth-order valence-corrected chi connectivity index (χ4v) is 6.37. The van der Waals surface area contributed by atoms with Crippen LogP contribution in [0.25, 0.3) is 0 Å². The van der Waals surface area contributed by atoms with Gasteiger partial charge in [-0.3, -0.25) is 4.79 Å². The van der Waals surface area contributed by atoms with Crippen LogP contribution in [0, 0.1) is 5.41 Å². The maximum atomic E-state index is 13.5. The van der Waals surface area contributed by atoms with Crippen LogP contribution in [0.5, 0.6) is 0 Å². The van der Waals surface area contributed by atoms with Gasteiger partial charge in [-0.25, -0.2) is 8.42 Å². The number of ether oxygens (including phenoxy) is 1. The molecule has 1 aromatic rings. The van der Waals surface area contributed by atoms with E-state index in [-0.39, 0.29) is 34.6 Å². The van der Waals surface area contributed by atoms with Crippen molar-refractivity contribution >= 4 is 15.6 Å². The molecule has 2 heterocycles. The number of carbonyl (C=O) groups is 1. The molecule has 0 saturated carbocycles. The van der Waals surface area contributed by atoms with Gasteiger partial charge in [-0.15, -0.1) is 0 Å². The molecule has 31 heavy (non-hydrogen) atoms. The molecule has 7 nitrogen and oxygen atoms in total. The molecule has 3 aliphatic rings. The highest BCUT2D eigenvalue weighted by Crippen LogP contribution is 2.53. The van der Waals surface area contributed by atoms with Crippen LogP contribution in [0.1, 0.15) is 45.6 Å². The lowest BCUT2D eigenvalue weighted by Gasteiger charge is -2.47. The number of nitrogens with one attached hydrogen (secondary N) is 1. The van der Waals surface area contributed by atoms with Gasteiger partial charge >= 0.3 is 0 Å². The molecule has 1 aromatic carbocycles. The molecule has 0 aromatic heterocycles. The summed E-state index contributed by atoms with van der Waals surface area (Å²) < 4.78 is 30.7. The molecule has 2 atom stereocenters. The Balaban J connectivity index is 1.92. The van der Waals surface area contributed by atoms with Gasteiger partial charge in [-0.2, -0.15) is 10.2 Å². The normalized spacial score (nSPS) is 26.9. The Bertz CT molecular complexity index is 1120. The van der Waals surface area contributed by atoms with Crippen molar-refractivity contribution in [2.45, 2.75) is 56.5 Å². The fraction of sp³-hybridized carbons (Fsp3) is 0.522. The molecule has 8 heteroatoms. The van der Waals surface area contributed by atoms with E-state index in [1.807, 2.05) is 13.0 Å². The van der Waals surface area contributed by atoms with Gasteiger partial charge in [0.05, 0.1) is 28.9 Å². The third-order valence-corrected chi connectivity index (χ3v) is 8.23. The van der Waals surface area contributed by atoms with Gasteiger partial charge in [-0.1, -0.05) is 32.9 Å². The number of nitrogens with zero attached hydrogens (tertiary/aromatic N) is 2. The number of Topliss-reactive ketones (excluding diaryl/α,β-unsaturated/α-hetero) is 1. The smallest absolute Gasteiger partial charge is 0.180 e. The number of fused-ring (bicyclic) bond motifs is 1. The highest BCUT2D eigenvalue weighted by molar-refractivity contribution is 7.91. The zero-order valence-electron chi connectivity index (χ0n) is 18.4. The minimum atomic E-state index is -3.51. The summed E-state index contributed by atoms with van der Waals surface area (Å²) in [4.78, 5) is 13.7. The Morgan fingerprint density at radius 2 is 2.03 bits per heavy atom. The van der Waals surface area contributed by atoms with E-state index in [4.69, 9.17) is 4.74 Å². The Hall–Kier alpha value is -2.32. The van der Waals surface area contributed by atoms with Gasteiger partial charge < -0.3 is 10.1 Å². The molecule has 0 bridgehead atoms. The lowest BCUT2D eigenvalue weighted by Crippen LogP contribution is -2.51. The zero-order chi connectivity index (χ0) is 22.4. The molecular weight excluding hydrogens is 414 g/mol. The van der Waals surface area contributed by atoms with E-state index >= 15 is 0 Å². The molecule has 1 N–H and O–H groups in total. The number of methoxy groups -OCH3 is 1. The number of rotatable bonds is 6. The third kappa shape index (κ3) is 3.55. The summed E-state index contributed by atoms with van der Waals surface area (Å²) in [5.41, 5.74) is 2.42. The van der Waals surface area contributed by atoms with Gasteiger partial charge in [0, 0.05) is 30.4 Å². The van der Waals surface area contributed by atoms with Crippen molar-refractivity contribution in [1.29, 1.82) is 0 Å². The molecule has 0 amide bonds. The molecule has 166 valence electrons. The number of benzene rings is 1. The number of hydrogen-bond acceptors (Lipinski definition) is 7. The first-order valence-electron chi connectivity index (χ1n) is 10.6. The summed E-state index contributed by atoms with van der Waals surface area (Å²) in [6, 6.07) is 6.99. The molecule has 0 fully saturated rings. The summed E-state index contributed by atoms with van der Waals surface area (Å²) >= 11 is 0. The van der Waals surface area contributed by atoms with Gasteiger partial charge in [-0.05, 0) is 36.0 Å². The van der Waals surface area contributed by atoms with Crippen LogP contribution < -0.4 is 5.32 Å². The number of carbonyl (C=O) groups excluding carboxylic acids is 1. The van der Waals surface area contributed by atoms with Crippen LogP contribution in [0.2, 0.25) is 0 Å². The van der Waals surface area contributed by atoms with E-state index in [2.05, 4.69) is 29.4 Å². The van der Waals surface area contributed by atoms with E-state index in [0.29, 0.717) is 12.8 Å². The maximum absolute atomic E-state index is 13.5. The quantitative estimate of drug-likeness (QED) is 0.723. The van der Waals surface area contributed by atoms with E-state index in [9.17, 15) is 13.2 Å². The molecule has 2 unspecified atom stereocenters. The van der Waals surface area contributed by atoms with Crippen molar-refractivity contribution in [1.82, 2.24) is 5.32 Å². The van der Waals surface area contributed by atoms with Crippen molar-refractivity contribution in [2.24, 2.45) is 15.6 Å². The highest BCUT2D eigenvalue weighted by Gasteiger charge is 2.53. The van der Waals surface area contributed by atoms with E-state index in [1.165, 1.54) is 7.11 Å². The number of sulfone groups is 1. The second kappa shape index (κ2) is 7.67.